The number of carbonyl (C=O) groups excluding carboxylic acids is 1. The van der Waals surface area contributed by atoms with Crippen LogP contribution in [0.1, 0.15) is 23.5 Å². The van der Waals surface area contributed by atoms with Crippen molar-refractivity contribution >= 4 is 11.7 Å². The molecule has 2 aromatic rings. The van der Waals surface area contributed by atoms with Crippen LogP contribution in [0.2, 0.25) is 0 Å². The summed E-state index contributed by atoms with van der Waals surface area (Å²) in [6.07, 6.45) is -0.166. The van der Waals surface area contributed by atoms with Gasteiger partial charge < -0.3 is 9.57 Å². The number of hydrogen-bond acceptors (Lipinski definition) is 4. The fourth-order valence-corrected chi connectivity index (χ4v) is 2.69. The molecule has 0 amide bonds. The van der Waals surface area contributed by atoms with Gasteiger partial charge in [0.25, 0.3) is 0 Å². The van der Waals surface area contributed by atoms with Crippen molar-refractivity contribution < 1.29 is 14.4 Å². The highest BCUT2D eigenvalue weighted by Crippen LogP contribution is 2.34. The molecule has 4 heteroatoms. The Kier molecular flexibility index (Phi) is 4.19. The summed E-state index contributed by atoms with van der Waals surface area (Å²) in [5.74, 6) is -0.377. The maximum absolute atomic E-state index is 11.6. The van der Waals surface area contributed by atoms with Crippen molar-refractivity contribution in [1.29, 1.82) is 0 Å². The van der Waals surface area contributed by atoms with Crippen LogP contribution in [0.3, 0.4) is 0 Å². The maximum Gasteiger partial charge on any atom is 0.309 e. The molecule has 4 nitrogen and oxygen atoms in total. The van der Waals surface area contributed by atoms with Crippen LogP contribution in [0.5, 0.6) is 0 Å². The van der Waals surface area contributed by atoms with Crippen molar-refractivity contribution in [3.8, 4) is 0 Å². The molecule has 0 aliphatic carbocycles. The monoisotopic (exact) mass is 295 g/mol. The highest BCUT2D eigenvalue weighted by atomic mass is 16.6. The van der Waals surface area contributed by atoms with Crippen LogP contribution in [-0.4, -0.2) is 24.9 Å². The van der Waals surface area contributed by atoms with Gasteiger partial charge >= 0.3 is 5.97 Å². The van der Waals surface area contributed by atoms with E-state index in [1.807, 2.05) is 60.7 Å². The van der Waals surface area contributed by atoms with Gasteiger partial charge in [-0.1, -0.05) is 65.8 Å². The van der Waals surface area contributed by atoms with Crippen LogP contribution in [0, 0.1) is 0 Å². The third-order valence-electron chi connectivity index (χ3n) is 3.78. The molecule has 0 radical (unpaired) electrons. The van der Waals surface area contributed by atoms with Crippen molar-refractivity contribution in [3.63, 3.8) is 0 Å². The van der Waals surface area contributed by atoms with Crippen molar-refractivity contribution in [3.05, 3.63) is 71.8 Å². The lowest BCUT2D eigenvalue weighted by Crippen LogP contribution is -2.25. The zero-order valence-electron chi connectivity index (χ0n) is 12.3. The molecule has 1 aliphatic rings. The minimum atomic E-state index is -0.343. The highest BCUT2D eigenvalue weighted by Gasteiger charge is 2.37. The SMILES string of the molecule is COC(=O)CC1ON=C(c2ccccc2)C1c1ccccc1. The van der Waals surface area contributed by atoms with E-state index in [1.54, 1.807) is 0 Å². The maximum atomic E-state index is 11.6. The van der Waals surface area contributed by atoms with Crippen molar-refractivity contribution in [2.24, 2.45) is 5.16 Å². The Labute approximate surface area is 129 Å². The Balaban J connectivity index is 1.95. The number of ether oxygens (including phenoxy) is 1. The van der Waals surface area contributed by atoms with E-state index < -0.39 is 0 Å². The summed E-state index contributed by atoms with van der Waals surface area (Å²) in [6, 6.07) is 19.9. The Morgan fingerprint density at radius 2 is 1.73 bits per heavy atom. The summed E-state index contributed by atoms with van der Waals surface area (Å²) in [5.41, 5.74) is 2.93. The van der Waals surface area contributed by atoms with Gasteiger partial charge in [-0.15, -0.1) is 0 Å². The average molecular weight is 295 g/mol. The summed E-state index contributed by atoms with van der Waals surface area (Å²) >= 11 is 0. The average Bonchev–Trinajstić information content (AvgIpc) is 3.00. The fraction of sp³-hybridized carbons (Fsp3) is 0.222. The van der Waals surface area contributed by atoms with E-state index in [1.165, 1.54) is 7.11 Å². The molecule has 1 heterocycles. The number of carbonyl (C=O) groups is 1. The summed E-state index contributed by atoms with van der Waals surface area (Å²) in [5, 5.41) is 4.24. The second-order valence-corrected chi connectivity index (χ2v) is 5.16. The number of esters is 1. The quantitative estimate of drug-likeness (QED) is 0.814. The van der Waals surface area contributed by atoms with Crippen molar-refractivity contribution in [1.82, 2.24) is 0 Å². The zero-order valence-corrected chi connectivity index (χ0v) is 12.3. The molecule has 3 rings (SSSR count). The molecule has 0 bridgehead atoms. The first-order valence-electron chi connectivity index (χ1n) is 7.20. The third-order valence-corrected chi connectivity index (χ3v) is 3.78. The Hall–Kier alpha value is -2.62. The fourth-order valence-electron chi connectivity index (χ4n) is 2.69. The van der Waals surface area contributed by atoms with Crippen LogP contribution in [-0.2, 0) is 14.4 Å². The molecular formula is C18H17NO3. The summed E-state index contributed by atoms with van der Waals surface area (Å²) in [6.45, 7) is 0. The third kappa shape index (κ3) is 2.86. The summed E-state index contributed by atoms with van der Waals surface area (Å²) in [7, 11) is 1.38. The molecule has 22 heavy (non-hydrogen) atoms. The zero-order chi connectivity index (χ0) is 15.4. The van der Waals surface area contributed by atoms with Crippen LogP contribution in [0.4, 0.5) is 0 Å². The number of methoxy groups -OCH3 is 1. The van der Waals surface area contributed by atoms with Gasteiger partial charge in [-0.3, -0.25) is 4.79 Å². The van der Waals surface area contributed by atoms with Gasteiger partial charge in [0, 0.05) is 5.56 Å². The molecule has 2 unspecified atom stereocenters. The Bertz CT molecular complexity index is 667. The molecule has 0 N–H and O–H groups in total. The van der Waals surface area contributed by atoms with E-state index in [0.717, 1.165) is 16.8 Å². The molecule has 0 fully saturated rings. The second-order valence-electron chi connectivity index (χ2n) is 5.16. The van der Waals surface area contributed by atoms with Crippen LogP contribution in [0.15, 0.2) is 65.8 Å². The standard InChI is InChI=1S/C18H17NO3/c1-21-16(20)12-15-17(13-8-4-2-5-9-13)18(19-22-15)14-10-6-3-7-11-14/h2-11,15,17H,12H2,1H3. The van der Waals surface area contributed by atoms with E-state index in [-0.39, 0.29) is 24.4 Å². The molecule has 2 atom stereocenters. The number of oxime groups is 1. The van der Waals surface area contributed by atoms with Gasteiger partial charge in [-0.25, -0.2) is 0 Å². The first-order valence-corrected chi connectivity index (χ1v) is 7.20. The first-order chi connectivity index (χ1) is 10.8. The summed E-state index contributed by atoms with van der Waals surface area (Å²) < 4.78 is 4.77. The van der Waals surface area contributed by atoms with Gasteiger partial charge in [-0.05, 0) is 5.56 Å². The smallest absolute Gasteiger partial charge is 0.309 e. The Morgan fingerprint density at radius 1 is 1.09 bits per heavy atom. The number of rotatable bonds is 4. The normalized spacial score (nSPS) is 20.1. The van der Waals surface area contributed by atoms with E-state index in [2.05, 4.69) is 5.16 Å². The van der Waals surface area contributed by atoms with E-state index in [0.29, 0.717) is 0 Å². The Morgan fingerprint density at radius 3 is 2.36 bits per heavy atom. The van der Waals surface area contributed by atoms with Gasteiger partial charge in [0.05, 0.1) is 25.2 Å². The number of hydrogen-bond donors (Lipinski definition) is 0. The van der Waals surface area contributed by atoms with Crippen LogP contribution < -0.4 is 0 Å². The number of benzene rings is 2. The molecule has 0 saturated carbocycles. The summed E-state index contributed by atoms with van der Waals surface area (Å²) in [4.78, 5) is 17.2. The van der Waals surface area contributed by atoms with E-state index in [9.17, 15) is 4.79 Å². The predicted molar refractivity (Wildman–Crippen MR) is 83.7 cm³/mol. The van der Waals surface area contributed by atoms with Crippen molar-refractivity contribution in [2.75, 3.05) is 7.11 Å². The molecule has 112 valence electrons. The van der Waals surface area contributed by atoms with Crippen molar-refractivity contribution in [2.45, 2.75) is 18.4 Å². The second kappa shape index (κ2) is 6.43. The van der Waals surface area contributed by atoms with Crippen LogP contribution >= 0.6 is 0 Å². The van der Waals surface area contributed by atoms with E-state index in [4.69, 9.17) is 9.57 Å². The minimum absolute atomic E-state index is 0.0808. The number of nitrogens with zero attached hydrogens (tertiary/aromatic N) is 1. The lowest BCUT2D eigenvalue weighted by atomic mass is 9.85. The predicted octanol–water partition coefficient (Wildman–Crippen LogP) is 3.14. The molecule has 1 aliphatic heterocycles. The van der Waals surface area contributed by atoms with E-state index >= 15 is 0 Å². The molecule has 0 saturated heterocycles. The molecule has 0 aromatic heterocycles. The molecular weight excluding hydrogens is 278 g/mol. The lowest BCUT2D eigenvalue weighted by molar-refractivity contribution is -0.143. The largest absolute Gasteiger partial charge is 0.469 e. The molecule has 2 aromatic carbocycles. The van der Waals surface area contributed by atoms with Gasteiger partial charge in [0.2, 0.25) is 0 Å². The van der Waals surface area contributed by atoms with Gasteiger partial charge in [-0.2, -0.15) is 0 Å². The highest BCUT2D eigenvalue weighted by molar-refractivity contribution is 6.06. The minimum Gasteiger partial charge on any atom is -0.469 e. The first kappa shape index (κ1) is 14.3. The lowest BCUT2D eigenvalue weighted by Gasteiger charge is -2.18. The van der Waals surface area contributed by atoms with Gasteiger partial charge in [0.15, 0.2) is 6.10 Å². The van der Waals surface area contributed by atoms with Crippen LogP contribution in [0.25, 0.3) is 0 Å². The van der Waals surface area contributed by atoms with Gasteiger partial charge in [0.1, 0.15) is 0 Å². The topological polar surface area (TPSA) is 47.9 Å². The molecule has 0 spiro atoms.